The summed E-state index contributed by atoms with van der Waals surface area (Å²) in [6.07, 6.45) is 1.95. The van der Waals surface area contributed by atoms with E-state index in [9.17, 15) is 4.79 Å². The van der Waals surface area contributed by atoms with Gasteiger partial charge in [-0.1, -0.05) is 12.1 Å². The zero-order valence-corrected chi connectivity index (χ0v) is 17.2. The number of H-pyrrole nitrogens is 1. The number of ether oxygens (including phenoxy) is 1. The normalized spacial score (nSPS) is 13.7. The van der Waals surface area contributed by atoms with Crippen LogP contribution in [-0.2, 0) is 13.1 Å². The molecule has 0 fully saturated rings. The molecule has 3 heterocycles. The fourth-order valence-corrected chi connectivity index (χ4v) is 4.11. The average molecular weight is 400 g/mol. The Morgan fingerprint density at radius 1 is 1.17 bits per heavy atom. The summed E-state index contributed by atoms with van der Waals surface area (Å²) in [7, 11) is 0. The summed E-state index contributed by atoms with van der Waals surface area (Å²) in [6, 6.07) is 16.2. The summed E-state index contributed by atoms with van der Waals surface area (Å²) in [5.74, 6) is 1.79. The maximum Gasteiger partial charge on any atom is 0.270 e. The smallest absolute Gasteiger partial charge is 0.270 e. The number of nitrogens with one attached hydrogen (secondary N) is 1. The molecule has 6 heteroatoms. The molecular weight excluding hydrogens is 376 g/mol. The topological polar surface area (TPSA) is 63.1 Å². The molecule has 152 valence electrons. The number of aromatic amines is 1. The lowest BCUT2D eigenvalue weighted by Crippen LogP contribution is -2.33. The third kappa shape index (κ3) is 3.24. The number of fused-ring (bicyclic) bond motifs is 2. The number of nitrogens with zero attached hydrogens (tertiary/aromatic N) is 3. The van der Waals surface area contributed by atoms with Crippen LogP contribution in [0.4, 0.5) is 0 Å². The second kappa shape index (κ2) is 7.37. The van der Waals surface area contributed by atoms with Gasteiger partial charge < -0.3 is 19.2 Å². The summed E-state index contributed by atoms with van der Waals surface area (Å²) in [6.45, 7) is 6.36. The van der Waals surface area contributed by atoms with Crippen molar-refractivity contribution in [2.24, 2.45) is 0 Å². The number of hydrogen-bond acceptors (Lipinski definition) is 3. The van der Waals surface area contributed by atoms with Gasteiger partial charge in [-0.3, -0.25) is 4.79 Å². The molecule has 0 bridgehead atoms. The van der Waals surface area contributed by atoms with Gasteiger partial charge in [0.25, 0.3) is 5.91 Å². The van der Waals surface area contributed by atoms with Crippen molar-refractivity contribution in [2.75, 3.05) is 13.2 Å². The molecule has 2 aromatic carbocycles. The molecule has 0 atom stereocenters. The van der Waals surface area contributed by atoms with Crippen molar-refractivity contribution < 1.29 is 9.53 Å². The predicted molar refractivity (Wildman–Crippen MR) is 117 cm³/mol. The Kier molecular flexibility index (Phi) is 4.54. The molecule has 0 unspecified atom stereocenters. The van der Waals surface area contributed by atoms with Gasteiger partial charge in [-0.2, -0.15) is 0 Å². The molecule has 4 aromatic rings. The van der Waals surface area contributed by atoms with E-state index in [2.05, 4.69) is 34.2 Å². The highest BCUT2D eigenvalue weighted by Crippen LogP contribution is 2.31. The van der Waals surface area contributed by atoms with E-state index in [1.165, 1.54) is 0 Å². The number of amides is 1. The third-order valence-corrected chi connectivity index (χ3v) is 5.65. The first-order valence-electron chi connectivity index (χ1n) is 10.3. The van der Waals surface area contributed by atoms with Crippen LogP contribution >= 0.6 is 0 Å². The van der Waals surface area contributed by atoms with Crippen molar-refractivity contribution in [3.63, 3.8) is 0 Å². The van der Waals surface area contributed by atoms with E-state index < -0.39 is 0 Å². The highest BCUT2D eigenvalue weighted by Gasteiger charge is 2.23. The Labute approximate surface area is 175 Å². The van der Waals surface area contributed by atoms with Gasteiger partial charge in [-0.15, -0.1) is 0 Å². The molecule has 0 saturated carbocycles. The van der Waals surface area contributed by atoms with Crippen LogP contribution in [0.2, 0.25) is 0 Å². The molecular formula is C24H24N4O2. The summed E-state index contributed by atoms with van der Waals surface area (Å²) >= 11 is 0. The lowest BCUT2D eigenvalue weighted by Gasteiger charge is -2.21. The van der Waals surface area contributed by atoms with Crippen molar-refractivity contribution >= 4 is 16.9 Å². The first-order chi connectivity index (χ1) is 14.6. The largest absolute Gasteiger partial charge is 0.491 e. The molecule has 30 heavy (non-hydrogen) atoms. The number of carbonyl (C=O) groups is 1. The molecule has 0 spiro atoms. The number of hydrogen-bond donors (Lipinski definition) is 1. The summed E-state index contributed by atoms with van der Waals surface area (Å²) < 4.78 is 7.93. The minimum absolute atomic E-state index is 0.0399. The van der Waals surface area contributed by atoms with Gasteiger partial charge >= 0.3 is 0 Å². The molecule has 0 saturated heterocycles. The molecule has 2 aromatic heterocycles. The van der Waals surface area contributed by atoms with E-state index >= 15 is 0 Å². The average Bonchev–Trinajstić information content (AvgIpc) is 3.31. The van der Waals surface area contributed by atoms with Crippen LogP contribution < -0.4 is 4.74 Å². The maximum atomic E-state index is 13.1. The Balaban J connectivity index is 1.47. The van der Waals surface area contributed by atoms with Gasteiger partial charge in [0.2, 0.25) is 0 Å². The first-order valence-corrected chi connectivity index (χ1v) is 10.3. The number of aromatic nitrogens is 3. The van der Waals surface area contributed by atoms with E-state index in [1.54, 1.807) is 0 Å². The monoisotopic (exact) mass is 400 g/mol. The van der Waals surface area contributed by atoms with Crippen LogP contribution in [0.5, 0.6) is 5.75 Å². The molecule has 1 N–H and O–H groups in total. The van der Waals surface area contributed by atoms with Gasteiger partial charge in [-0.25, -0.2) is 4.98 Å². The van der Waals surface area contributed by atoms with Crippen molar-refractivity contribution in [3.8, 4) is 16.9 Å². The van der Waals surface area contributed by atoms with Gasteiger partial charge in [0.15, 0.2) is 0 Å². The second-order valence-corrected chi connectivity index (χ2v) is 7.63. The third-order valence-electron chi connectivity index (χ3n) is 5.65. The van der Waals surface area contributed by atoms with Crippen molar-refractivity contribution in [3.05, 3.63) is 71.8 Å². The number of carbonyl (C=O) groups excluding carboxylic acids is 1. The fraction of sp³-hybridized carbons (Fsp3) is 0.250. The number of benzene rings is 2. The SMILES string of the molecule is CCn1cccc1C(=O)N1CCOc2ccc(-c3ccc4nc(C)[nH]c4c3)cc2C1. The van der Waals surface area contributed by atoms with Crippen LogP contribution in [0.15, 0.2) is 54.7 Å². The summed E-state index contributed by atoms with van der Waals surface area (Å²) in [5.41, 5.74) is 5.93. The fourth-order valence-electron chi connectivity index (χ4n) is 4.11. The van der Waals surface area contributed by atoms with E-state index in [1.807, 2.05) is 53.8 Å². The van der Waals surface area contributed by atoms with E-state index in [4.69, 9.17) is 4.74 Å². The van der Waals surface area contributed by atoms with E-state index in [-0.39, 0.29) is 5.91 Å². The Morgan fingerprint density at radius 3 is 2.87 bits per heavy atom. The lowest BCUT2D eigenvalue weighted by atomic mass is 10.0. The van der Waals surface area contributed by atoms with Crippen LogP contribution in [0.1, 0.15) is 28.8 Å². The highest BCUT2D eigenvalue weighted by molar-refractivity contribution is 5.93. The minimum atomic E-state index is 0.0399. The Bertz CT molecular complexity index is 1240. The number of aryl methyl sites for hydroxylation is 2. The Hall–Kier alpha value is -3.54. The molecule has 5 rings (SSSR count). The summed E-state index contributed by atoms with van der Waals surface area (Å²) in [5, 5.41) is 0. The van der Waals surface area contributed by atoms with Crippen LogP contribution in [-0.4, -0.2) is 38.5 Å². The van der Waals surface area contributed by atoms with Gasteiger partial charge in [0, 0.05) is 24.8 Å². The van der Waals surface area contributed by atoms with Crippen LogP contribution in [0.3, 0.4) is 0 Å². The van der Waals surface area contributed by atoms with Gasteiger partial charge in [-0.05, 0) is 61.4 Å². The van der Waals surface area contributed by atoms with Crippen molar-refractivity contribution in [2.45, 2.75) is 26.9 Å². The quantitative estimate of drug-likeness (QED) is 0.555. The first kappa shape index (κ1) is 18.5. The molecule has 1 aliphatic rings. The number of rotatable bonds is 3. The van der Waals surface area contributed by atoms with Crippen LogP contribution in [0.25, 0.3) is 22.2 Å². The standard InChI is InChI=1S/C24H24N4O2/c1-3-27-10-4-5-22(27)24(29)28-11-12-30-23-9-7-17(13-19(23)15-28)18-6-8-20-21(14-18)26-16(2)25-20/h4-10,13-14H,3,11-12,15H2,1-2H3,(H,25,26). The highest BCUT2D eigenvalue weighted by atomic mass is 16.5. The van der Waals surface area contributed by atoms with Crippen LogP contribution in [0, 0.1) is 6.92 Å². The molecule has 1 amide bonds. The molecule has 0 radical (unpaired) electrons. The second-order valence-electron chi connectivity index (χ2n) is 7.63. The summed E-state index contributed by atoms with van der Waals surface area (Å²) in [4.78, 5) is 22.8. The van der Waals surface area contributed by atoms with E-state index in [0.29, 0.717) is 19.7 Å². The Morgan fingerprint density at radius 2 is 2.00 bits per heavy atom. The van der Waals surface area contributed by atoms with Gasteiger partial charge in [0.1, 0.15) is 23.9 Å². The zero-order valence-electron chi connectivity index (χ0n) is 17.2. The lowest BCUT2D eigenvalue weighted by molar-refractivity contribution is 0.0722. The van der Waals surface area contributed by atoms with Crippen molar-refractivity contribution in [1.29, 1.82) is 0 Å². The van der Waals surface area contributed by atoms with Crippen molar-refractivity contribution in [1.82, 2.24) is 19.4 Å². The molecule has 0 aliphatic carbocycles. The minimum Gasteiger partial charge on any atom is -0.491 e. The van der Waals surface area contributed by atoms with Gasteiger partial charge in [0.05, 0.1) is 17.6 Å². The molecule has 1 aliphatic heterocycles. The number of imidazole rings is 1. The predicted octanol–water partition coefficient (Wildman–Crippen LogP) is 4.39. The maximum absolute atomic E-state index is 13.1. The van der Waals surface area contributed by atoms with E-state index in [0.717, 1.165) is 51.5 Å². The molecule has 6 nitrogen and oxygen atoms in total. The zero-order chi connectivity index (χ0) is 20.7.